The average molecular weight is 291 g/mol. The van der Waals surface area contributed by atoms with Crippen molar-refractivity contribution < 1.29 is 8.42 Å². The molecule has 5 nitrogen and oxygen atoms in total. The van der Waals surface area contributed by atoms with Gasteiger partial charge in [0.05, 0.1) is 17.0 Å². The van der Waals surface area contributed by atoms with Crippen LogP contribution in [-0.2, 0) is 9.84 Å². The second-order valence-electron chi connectivity index (χ2n) is 5.26. The Labute approximate surface area is 118 Å². The Morgan fingerprint density at radius 1 is 1.35 bits per heavy atom. The molecule has 1 aromatic heterocycles. The van der Waals surface area contributed by atoms with Gasteiger partial charge in [0.25, 0.3) is 0 Å². The molecular weight excluding hydrogens is 274 g/mol. The third kappa shape index (κ3) is 2.31. The number of aromatic nitrogens is 1. The predicted octanol–water partition coefficient (Wildman–Crippen LogP) is 1.44. The Bertz CT molecular complexity index is 758. The molecule has 0 aliphatic carbocycles. The smallest absolute Gasteiger partial charge is 0.154 e. The Hall–Kier alpha value is -1.82. The van der Waals surface area contributed by atoms with E-state index >= 15 is 0 Å². The molecule has 0 spiro atoms. The minimum Gasteiger partial charge on any atom is -0.399 e. The molecule has 0 saturated carbocycles. The average Bonchev–Trinajstić information content (AvgIpc) is 2.37. The molecule has 20 heavy (non-hydrogen) atoms. The molecule has 106 valence electrons. The second-order valence-corrected chi connectivity index (χ2v) is 7.49. The van der Waals surface area contributed by atoms with Crippen LogP contribution in [0.15, 0.2) is 30.5 Å². The van der Waals surface area contributed by atoms with Crippen molar-refractivity contribution in [3.8, 4) is 0 Å². The van der Waals surface area contributed by atoms with Gasteiger partial charge in [-0.25, -0.2) is 8.42 Å². The molecule has 0 bridgehead atoms. The molecule has 1 fully saturated rings. The van der Waals surface area contributed by atoms with E-state index in [2.05, 4.69) is 9.88 Å². The van der Waals surface area contributed by atoms with Crippen molar-refractivity contribution in [3.05, 3.63) is 30.5 Å². The van der Waals surface area contributed by atoms with Crippen molar-refractivity contribution in [2.24, 2.45) is 0 Å². The van der Waals surface area contributed by atoms with Crippen LogP contribution in [0.2, 0.25) is 0 Å². The first-order chi connectivity index (χ1) is 9.46. The summed E-state index contributed by atoms with van der Waals surface area (Å²) in [6, 6.07) is 7.54. The van der Waals surface area contributed by atoms with Crippen LogP contribution in [0.5, 0.6) is 0 Å². The number of hydrogen-bond acceptors (Lipinski definition) is 5. The van der Waals surface area contributed by atoms with E-state index in [1.807, 2.05) is 31.2 Å². The fraction of sp³-hybridized carbons (Fsp3) is 0.357. The summed E-state index contributed by atoms with van der Waals surface area (Å²) in [4.78, 5) is 6.47. The summed E-state index contributed by atoms with van der Waals surface area (Å²) in [6.45, 7) is 2.47. The van der Waals surface area contributed by atoms with Crippen LogP contribution >= 0.6 is 0 Å². The predicted molar refractivity (Wildman–Crippen MR) is 81.6 cm³/mol. The Kier molecular flexibility index (Phi) is 3.05. The highest BCUT2D eigenvalue weighted by molar-refractivity contribution is 7.91. The monoisotopic (exact) mass is 291 g/mol. The molecule has 2 N–H and O–H groups in total. The van der Waals surface area contributed by atoms with Crippen LogP contribution in [0, 0.1) is 0 Å². The van der Waals surface area contributed by atoms with Crippen molar-refractivity contribution in [2.75, 3.05) is 28.7 Å². The zero-order valence-corrected chi connectivity index (χ0v) is 12.1. The van der Waals surface area contributed by atoms with Crippen molar-refractivity contribution in [2.45, 2.75) is 13.0 Å². The Balaban J connectivity index is 2.07. The molecule has 1 aliphatic heterocycles. The highest BCUT2D eigenvalue weighted by Gasteiger charge is 2.29. The zero-order chi connectivity index (χ0) is 14.3. The summed E-state index contributed by atoms with van der Waals surface area (Å²) in [5, 5.41) is 1.01. The van der Waals surface area contributed by atoms with Crippen LogP contribution in [0.4, 0.5) is 11.4 Å². The number of sulfone groups is 1. The van der Waals surface area contributed by atoms with Gasteiger partial charge >= 0.3 is 0 Å². The quantitative estimate of drug-likeness (QED) is 0.805. The van der Waals surface area contributed by atoms with Gasteiger partial charge in [-0.2, -0.15) is 0 Å². The molecule has 3 rings (SSSR count). The van der Waals surface area contributed by atoms with Gasteiger partial charge < -0.3 is 10.6 Å². The summed E-state index contributed by atoms with van der Waals surface area (Å²) in [7, 11) is -2.91. The fourth-order valence-corrected chi connectivity index (χ4v) is 4.31. The molecule has 1 atom stereocenters. The number of benzene rings is 1. The topological polar surface area (TPSA) is 76.3 Å². The van der Waals surface area contributed by atoms with Crippen molar-refractivity contribution in [3.63, 3.8) is 0 Å². The van der Waals surface area contributed by atoms with E-state index in [1.165, 1.54) is 0 Å². The van der Waals surface area contributed by atoms with Gasteiger partial charge in [0.2, 0.25) is 0 Å². The Morgan fingerprint density at radius 2 is 2.15 bits per heavy atom. The molecule has 6 heteroatoms. The van der Waals surface area contributed by atoms with E-state index in [0.29, 0.717) is 12.2 Å². The van der Waals surface area contributed by atoms with Crippen LogP contribution in [-0.4, -0.2) is 37.5 Å². The first-order valence-electron chi connectivity index (χ1n) is 6.57. The van der Waals surface area contributed by atoms with Gasteiger partial charge in [-0.15, -0.1) is 0 Å². The minimum absolute atomic E-state index is 0.0306. The number of pyridine rings is 1. The van der Waals surface area contributed by atoms with Crippen LogP contribution in [0.1, 0.15) is 6.92 Å². The third-order valence-electron chi connectivity index (χ3n) is 3.72. The number of nitrogen functional groups attached to an aromatic ring is 1. The highest BCUT2D eigenvalue weighted by atomic mass is 32.2. The number of hydrogen-bond donors (Lipinski definition) is 1. The van der Waals surface area contributed by atoms with Gasteiger partial charge in [0.15, 0.2) is 9.84 Å². The molecule has 1 unspecified atom stereocenters. The number of nitrogens with two attached hydrogens (primary N) is 1. The Morgan fingerprint density at radius 3 is 2.90 bits per heavy atom. The molecule has 2 aromatic rings. The lowest BCUT2D eigenvalue weighted by atomic mass is 10.1. The normalized spacial score (nSPS) is 22.1. The minimum atomic E-state index is -2.91. The lowest BCUT2D eigenvalue weighted by Gasteiger charge is -2.35. The van der Waals surface area contributed by atoms with Crippen LogP contribution in [0.3, 0.4) is 0 Å². The van der Waals surface area contributed by atoms with E-state index in [-0.39, 0.29) is 17.5 Å². The fourth-order valence-electron chi connectivity index (χ4n) is 2.76. The van der Waals surface area contributed by atoms with E-state index in [0.717, 1.165) is 16.6 Å². The number of anilines is 2. The van der Waals surface area contributed by atoms with Gasteiger partial charge in [0.1, 0.15) is 0 Å². The summed E-state index contributed by atoms with van der Waals surface area (Å²) in [5.74, 6) is 0.405. The van der Waals surface area contributed by atoms with Crippen molar-refractivity contribution >= 4 is 32.1 Å². The van der Waals surface area contributed by atoms with Crippen LogP contribution in [0.25, 0.3) is 10.9 Å². The SMILES string of the molecule is CC1CS(=O)(=O)CCN1c1ccnc2cc(N)ccc12. The first kappa shape index (κ1) is 13.2. The van der Waals surface area contributed by atoms with Gasteiger partial charge in [0, 0.05) is 35.5 Å². The summed E-state index contributed by atoms with van der Waals surface area (Å²) in [6.07, 6.45) is 1.74. The van der Waals surface area contributed by atoms with E-state index in [1.54, 1.807) is 6.20 Å². The maximum absolute atomic E-state index is 11.7. The lowest BCUT2D eigenvalue weighted by molar-refractivity contribution is 0.568. The summed E-state index contributed by atoms with van der Waals surface area (Å²) in [5.41, 5.74) is 8.32. The maximum Gasteiger partial charge on any atom is 0.154 e. The standard InChI is InChI=1S/C14H17N3O2S/c1-10-9-20(18,19)7-6-17(10)14-4-5-16-13-8-11(15)2-3-12(13)14/h2-5,8,10H,6-7,9,15H2,1H3. The van der Waals surface area contributed by atoms with Crippen molar-refractivity contribution in [1.29, 1.82) is 0 Å². The lowest BCUT2D eigenvalue weighted by Crippen LogP contribution is -2.47. The third-order valence-corrected chi connectivity index (χ3v) is 5.52. The van der Waals surface area contributed by atoms with E-state index < -0.39 is 9.84 Å². The zero-order valence-electron chi connectivity index (χ0n) is 11.3. The second kappa shape index (κ2) is 4.63. The largest absolute Gasteiger partial charge is 0.399 e. The first-order valence-corrected chi connectivity index (χ1v) is 8.40. The molecule has 2 heterocycles. The van der Waals surface area contributed by atoms with Gasteiger partial charge in [-0.1, -0.05) is 0 Å². The van der Waals surface area contributed by atoms with E-state index in [4.69, 9.17) is 5.73 Å². The highest BCUT2D eigenvalue weighted by Crippen LogP contribution is 2.29. The van der Waals surface area contributed by atoms with Crippen LogP contribution < -0.4 is 10.6 Å². The number of fused-ring (bicyclic) bond motifs is 1. The summed E-state index contributed by atoms with van der Waals surface area (Å²) >= 11 is 0. The molecule has 0 radical (unpaired) electrons. The maximum atomic E-state index is 11.7. The van der Waals surface area contributed by atoms with Gasteiger partial charge in [-0.05, 0) is 31.2 Å². The summed E-state index contributed by atoms with van der Waals surface area (Å²) < 4.78 is 23.4. The number of nitrogens with zero attached hydrogens (tertiary/aromatic N) is 2. The van der Waals surface area contributed by atoms with Crippen molar-refractivity contribution in [1.82, 2.24) is 4.98 Å². The molecular formula is C14H17N3O2S. The molecule has 0 amide bonds. The van der Waals surface area contributed by atoms with Gasteiger partial charge in [-0.3, -0.25) is 4.98 Å². The molecule has 1 aliphatic rings. The molecule has 1 saturated heterocycles. The number of rotatable bonds is 1. The van der Waals surface area contributed by atoms with E-state index in [9.17, 15) is 8.42 Å². The molecule has 1 aromatic carbocycles.